The minimum absolute atomic E-state index is 0. The first-order chi connectivity index (χ1) is 8.24. The summed E-state index contributed by atoms with van der Waals surface area (Å²) in [7, 11) is 0. The molecule has 2 rings (SSSR count). The maximum Gasteiger partial charge on any atom is 0.238 e. The topological polar surface area (TPSA) is 44.4 Å². The first-order valence-electron chi connectivity index (χ1n) is 5.72. The molecule has 0 radical (unpaired) electrons. The Labute approximate surface area is 112 Å². The van der Waals surface area contributed by atoms with Crippen molar-refractivity contribution in [2.45, 2.75) is 0 Å². The molecule has 1 aromatic carbocycles. The summed E-state index contributed by atoms with van der Waals surface area (Å²) in [5.41, 5.74) is 0.631. The molecule has 0 aliphatic carbocycles. The third kappa shape index (κ3) is 4.60. The van der Waals surface area contributed by atoms with Gasteiger partial charge in [-0.3, -0.25) is 9.69 Å². The monoisotopic (exact) mass is 272 g/mol. The van der Waals surface area contributed by atoms with Crippen molar-refractivity contribution in [2.24, 2.45) is 0 Å². The van der Waals surface area contributed by atoms with Crippen molar-refractivity contribution in [3.05, 3.63) is 30.1 Å². The largest absolute Gasteiger partial charge is 1.00 e. The molecular formula is C12H16ClFN3O-. The standard InChI is InChI=1S/C12H16FN3O.ClH/c13-10-1-3-11(4-2-10)15-12(17)9-16-7-5-14-6-8-16;/h1-4,14H,5-9H2,(H,15,17);1H/p-1. The summed E-state index contributed by atoms with van der Waals surface area (Å²) in [6.07, 6.45) is 0. The van der Waals surface area contributed by atoms with Crippen LogP contribution < -0.4 is 23.0 Å². The minimum Gasteiger partial charge on any atom is -1.00 e. The number of hydrogen-bond donors (Lipinski definition) is 2. The lowest BCUT2D eigenvalue weighted by Gasteiger charge is -2.26. The average Bonchev–Trinajstić information content (AvgIpc) is 2.33. The van der Waals surface area contributed by atoms with Crippen LogP contribution in [-0.4, -0.2) is 43.5 Å². The highest BCUT2D eigenvalue weighted by Gasteiger charge is 2.13. The second kappa shape index (κ2) is 7.31. The van der Waals surface area contributed by atoms with Crippen LogP contribution >= 0.6 is 0 Å². The van der Waals surface area contributed by atoms with Gasteiger partial charge in [-0.25, -0.2) is 4.39 Å². The zero-order valence-corrected chi connectivity index (χ0v) is 10.7. The summed E-state index contributed by atoms with van der Waals surface area (Å²) in [5.74, 6) is -0.358. The Morgan fingerprint density at radius 1 is 1.28 bits per heavy atom. The van der Waals surface area contributed by atoms with Crippen LogP contribution in [0.2, 0.25) is 0 Å². The Morgan fingerprint density at radius 2 is 1.89 bits per heavy atom. The molecule has 100 valence electrons. The molecule has 1 saturated heterocycles. The number of hydrogen-bond acceptors (Lipinski definition) is 3. The van der Waals surface area contributed by atoms with E-state index in [0.29, 0.717) is 12.2 Å². The van der Waals surface area contributed by atoms with E-state index in [1.165, 1.54) is 12.1 Å². The van der Waals surface area contributed by atoms with E-state index in [2.05, 4.69) is 15.5 Å². The van der Waals surface area contributed by atoms with E-state index < -0.39 is 0 Å². The number of rotatable bonds is 3. The predicted octanol–water partition coefficient (Wildman–Crippen LogP) is -2.33. The molecule has 0 saturated carbocycles. The summed E-state index contributed by atoms with van der Waals surface area (Å²) in [6.45, 7) is 4.00. The number of carbonyl (C=O) groups excluding carboxylic acids is 1. The molecule has 1 aromatic rings. The van der Waals surface area contributed by atoms with E-state index in [0.717, 1.165) is 26.2 Å². The molecule has 0 atom stereocenters. The first kappa shape index (κ1) is 14.9. The molecule has 4 nitrogen and oxygen atoms in total. The Kier molecular flexibility index (Phi) is 6.04. The van der Waals surface area contributed by atoms with Crippen molar-refractivity contribution >= 4 is 11.6 Å². The Bertz CT molecular complexity index is 379. The molecule has 1 fully saturated rings. The Balaban J connectivity index is 0.00000162. The van der Waals surface area contributed by atoms with Crippen molar-refractivity contribution < 1.29 is 21.6 Å². The summed E-state index contributed by atoms with van der Waals surface area (Å²) in [5, 5.41) is 5.98. The van der Waals surface area contributed by atoms with Crippen LogP contribution in [0.3, 0.4) is 0 Å². The summed E-state index contributed by atoms with van der Waals surface area (Å²) < 4.78 is 12.7. The lowest BCUT2D eigenvalue weighted by atomic mass is 10.3. The van der Waals surface area contributed by atoms with Gasteiger partial charge in [0.1, 0.15) is 5.82 Å². The van der Waals surface area contributed by atoms with Gasteiger partial charge in [-0.1, -0.05) is 0 Å². The number of halogens is 2. The van der Waals surface area contributed by atoms with Gasteiger partial charge in [0.25, 0.3) is 0 Å². The fourth-order valence-corrected chi connectivity index (χ4v) is 1.81. The number of nitrogens with zero attached hydrogens (tertiary/aromatic N) is 1. The quantitative estimate of drug-likeness (QED) is 0.649. The molecule has 1 aliphatic rings. The molecule has 1 aliphatic heterocycles. The highest BCUT2D eigenvalue weighted by atomic mass is 35.5. The lowest BCUT2D eigenvalue weighted by Crippen LogP contribution is -3.00. The molecule has 0 spiro atoms. The van der Waals surface area contributed by atoms with Crippen LogP contribution in [0.25, 0.3) is 0 Å². The molecule has 1 heterocycles. The van der Waals surface area contributed by atoms with Gasteiger partial charge in [-0.15, -0.1) is 0 Å². The Hall–Kier alpha value is -1.17. The zero-order chi connectivity index (χ0) is 12.1. The van der Waals surface area contributed by atoms with Crippen molar-refractivity contribution in [2.75, 3.05) is 38.0 Å². The zero-order valence-electron chi connectivity index (χ0n) is 9.96. The van der Waals surface area contributed by atoms with E-state index in [1.807, 2.05) is 0 Å². The van der Waals surface area contributed by atoms with Crippen LogP contribution in [0.1, 0.15) is 0 Å². The second-order valence-corrected chi connectivity index (χ2v) is 4.08. The SMILES string of the molecule is O=C(CN1CCNCC1)Nc1ccc(F)cc1.[Cl-]. The molecule has 0 aromatic heterocycles. The highest BCUT2D eigenvalue weighted by Crippen LogP contribution is 2.08. The van der Waals surface area contributed by atoms with Gasteiger partial charge in [-0.05, 0) is 24.3 Å². The molecular weight excluding hydrogens is 257 g/mol. The number of nitrogens with one attached hydrogen (secondary N) is 2. The van der Waals surface area contributed by atoms with E-state index in [4.69, 9.17) is 0 Å². The summed E-state index contributed by atoms with van der Waals surface area (Å²) in [4.78, 5) is 13.8. The van der Waals surface area contributed by atoms with Gasteiger partial charge in [0.15, 0.2) is 0 Å². The van der Waals surface area contributed by atoms with Gasteiger partial charge in [0.2, 0.25) is 5.91 Å². The summed E-state index contributed by atoms with van der Waals surface area (Å²) in [6, 6.07) is 5.79. The van der Waals surface area contributed by atoms with Crippen molar-refractivity contribution in [1.82, 2.24) is 10.2 Å². The fourth-order valence-electron chi connectivity index (χ4n) is 1.81. The van der Waals surface area contributed by atoms with Crippen molar-refractivity contribution in [1.29, 1.82) is 0 Å². The number of carbonyl (C=O) groups is 1. The van der Waals surface area contributed by atoms with Gasteiger partial charge in [0.05, 0.1) is 6.54 Å². The number of piperazine rings is 1. The van der Waals surface area contributed by atoms with E-state index in [1.54, 1.807) is 12.1 Å². The highest BCUT2D eigenvalue weighted by molar-refractivity contribution is 5.92. The maximum absolute atomic E-state index is 12.7. The van der Waals surface area contributed by atoms with Gasteiger partial charge < -0.3 is 23.0 Å². The summed E-state index contributed by atoms with van der Waals surface area (Å²) >= 11 is 0. The van der Waals surface area contributed by atoms with Crippen molar-refractivity contribution in [3.8, 4) is 0 Å². The minimum atomic E-state index is -0.301. The molecule has 6 heteroatoms. The van der Waals surface area contributed by atoms with Crippen LogP contribution in [0, 0.1) is 5.82 Å². The van der Waals surface area contributed by atoms with E-state index in [-0.39, 0.29) is 24.1 Å². The third-order valence-corrected chi connectivity index (χ3v) is 2.70. The average molecular weight is 273 g/mol. The maximum atomic E-state index is 12.7. The lowest BCUT2D eigenvalue weighted by molar-refractivity contribution is -0.117. The van der Waals surface area contributed by atoms with Crippen LogP contribution in [0.4, 0.5) is 10.1 Å². The van der Waals surface area contributed by atoms with Crippen LogP contribution in [0.5, 0.6) is 0 Å². The van der Waals surface area contributed by atoms with E-state index in [9.17, 15) is 9.18 Å². The molecule has 0 unspecified atom stereocenters. The second-order valence-electron chi connectivity index (χ2n) is 4.08. The van der Waals surface area contributed by atoms with Gasteiger partial charge >= 0.3 is 0 Å². The van der Waals surface area contributed by atoms with Crippen LogP contribution in [-0.2, 0) is 4.79 Å². The smallest absolute Gasteiger partial charge is 0.238 e. The fraction of sp³-hybridized carbons (Fsp3) is 0.417. The Morgan fingerprint density at radius 3 is 2.50 bits per heavy atom. The van der Waals surface area contributed by atoms with Gasteiger partial charge in [0, 0.05) is 31.9 Å². The number of amides is 1. The van der Waals surface area contributed by atoms with Gasteiger partial charge in [-0.2, -0.15) is 0 Å². The third-order valence-electron chi connectivity index (χ3n) is 2.70. The van der Waals surface area contributed by atoms with E-state index >= 15 is 0 Å². The molecule has 2 N–H and O–H groups in total. The van der Waals surface area contributed by atoms with Crippen LogP contribution in [0.15, 0.2) is 24.3 Å². The predicted molar refractivity (Wildman–Crippen MR) is 64.3 cm³/mol. The molecule has 18 heavy (non-hydrogen) atoms. The normalized spacial score (nSPS) is 15.8. The molecule has 1 amide bonds. The number of benzene rings is 1. The van der Waals surface area contributed by atoms with Crippen molar-refractivity contribution in [3.63, 3.8) is 0 Å². The molecule has 0 bridgehead atoms. The number of anilines is 1. The first-order valence-corrected chi connectivity index (χ1v) is 5.72.